The second-order valence-corrected chi connectivity index (χ2v) is 5.29. The van der Waals surface area contributed by atoms with Crippen molar-refractivity contribution < 1.29 is 4.39 Å². The Morgan fingerprint density at radius 3 is 2.67 bits per heavy atom. The molecule has 1 unspecified atom stereocenters. The van der Waals surface area contributed by atoms with Crippen molar-refractivity contribution in [3.8, 4) is 0 Å². The quantitative estimate of drug-likeness (QED) is 0.875. The summed E-state index contributed by atoms with van der Waals surface area (Å²) in [5.41, 5.74) is 2.79. The van der Waals surface area contributed by atoms with Gasteiger partial charge in [0.2, 0.25) is 0 Å². The molecule has 1 aromatic carbocycles. The van der Waals surface area contributed by atoms with E-state index in [0.717, 1.165) is 36.5 Å². The largest absolute Gasteiger partial charge is 0.305 e. The van der Waals surface area contributed by atoms with Gasteiger partial charge in [0.25, 0.3) is 0 Å². The fourth-order valence-electron chi connectivity index (χ4n) is 2.46. The number of aryl methyl sites for hydroxylation is 2. The molecule has 5 heteroatoms. The molecule has 2 aromatic rings. The highest BCUT2D eigenvalue weighted by atomic mass is 35.5. The smallest absolute Gasteiger partial charge is 0.123 e. The minimum absolute atomic E-state index is 0.161. The summed E-state index contributed by atoms with van der Waals surface area (Å²) in [6.07, 6.45) is 0.871. The van der Waals surface area contributed by atoms with E-state index in [1.165, 1.54) is 12.1 Å². The van der Waals surface area contributed by atoms with Crippen LogP contribution < -0.4 is 5.32 Å². The Hall–Kier alpha value is -1.39. The Morgan fingerprint density at radius 1 is 1.29 bits per heavy atom. The molecule has 21 heavy (non-hydrogen) atoms. The number of hydrogen-bond donors (Lipinski definition) is 1. The van der Waals surface area contributed by atoms with Gasteiger partial charge in [-0.25, -0.2) is 4.39 Å². The van der Waals surface area contributed by atoms with E-state index in [9.17, 15) is 4.39 Å². The number of nitrogens with zero attached hydrogens (tertiary/aromatic N) is 2. The van der Waals surface area contributed by atoms with E-state index in [0.29, 0.717) is 5.02 Å². The molecule has 1 heterocycles. The molecule has 0 saturated carbocycles. The van der Waals surface area contributed by atoms with Crippen molar-refractivity contribution in [2.24, 2.45) is 0 Å². The highest BCUT2D eigenvalue weighted by molar-refractivity contribution is 6.31. The van der Waals surface area contributed by atoms with E-state index in [1.54, 1.807) is 6.07 Å². The van der Waals surface area contributed by atoms with Crippen LogP contribution in [-0.2, 0) is 13.0 Å². The van der Waals surface area contributed by atoms with Gasteiger partial charge in [0.15, 0.2) is 0 Å². The third-order valence-electron chi connectivity index (χ3n) is 3.50. The second kappa shape index (κ2) is 7.05. The Kier molecular flexibility index (Phi) is 5.37. The van der Waals surface area contributed by atoms with Gasteiger partial charge >= 0.3 is 0 Å². The first-order valence-electron chi connectivity index (χ1n) is 7.35. The van der Waals surface area contributed by atoms with Crippen molar-refractivity contribution in [1.29, 1.82) is 0 Å². The van der Waals surface area contributed by atoms with Gasteiger partial charge in [-0.1, -0.05) is 25.4 Å². The lowest BCUT2D eigenvalue weighted by atomic mass is 10.0. The average Bonchev–Trinajstić information content (AvgIpc) is 2.90. The van der Waals surface area contributed by atoms with Crippen molar-refractivity contribution in [2.45, 2.75) is 39.8 Å². The lowest BCUT2D eigenvalue weighted by molar-refractivity contribution is 0.536. The van der Waals surface area contributed by atoms with Crippen LogP contribution in [0.15, 0.2) is 24.3 Å². The SMILES string of the molecule is CCNC(c1cc(F)ccc1Cl)c1cc(CC)nn1CC. The number of halogens is 2. The standard InChI is InChI=1S/C16H21ClFN3/c1-4-12-10-15(21(6-3)20-12)16(19-5-2)13-9-11(18)7-8-14(13)17/h7-10,16,19H,4-6H2,1-3H3. The first kappa shape index (κ1) is 16.0. The molecule has 1 aromatic heterocycles. The summed E-state index contributed by atoms with van der Waals surface area (Å²) in [5.74, 6) is -0.282. The Labute approximate surface area is 130 Å². The predicted molar refractivity (Wildman–Crippen MR) is 84.2 cm³/mol. The van der Waals surface area contributed by atoms with Gasteiger partial charge in [-0.3, -0.25) is 4.68 Å². The van der Waals surface area contributed by atoms with Crippen LogP contribution in [0.2, 0.25) is 5.02 Å². The molecule has 1 atom stereocenters. The van der Waals surface area contributed by atoms with E-state index < -0.39 is 0 Å². The lowest BCUT2D eigenvalue weighted by Crippen LogP contribution is -2.25. The predicted octanol–water partition coefficient (Wildman–Crippen LogP) is 3.96. The first-order valence-corrected chi connectivity index (χ1v) is 7.73. The maximum Gasteiger partial charge on any atom is 0.123 e. The third kappa shape index (κ3) is 3.44. The molecule has 0 radical (unpaired) electrons. The Morgan fingerprint density at radius 2 is 2.05 bits per heavy atom. The van der Waals surface area contributed by atoms with Crippen LogP contribution in [0, 0.1) is 5.82 Å². The van der Waals surface area contributed by atoms with Gasteiger partial charge in [0.05, 0.1) is 17.4 Å². The summed E-state index contributed by atoms with van der Waals surface area (Å²) in [5, 5.41) is 8.51. The van der Waals surface area contributed by atoms with Gasteiger partial charge in [-0.05, 0) is 49.7 Å². The van der Waals surface area contributed by atoms with E-state index in [2.05, 4.69) is 23.4 Å². The average molecular weight is 310 g/mol. The molecule has 1 N–H and O–H groups in total. The van der Waals surface area contributed by atoms with E-state index in [1.807, 2.05) is 18.5 Å². The Balaban J connectivity index is 2.52. The molecule has 0 aliphatic carbocycles. The van der Waals surface area contributed by atoms with Gasteiger partial charge in [0, 0.05) is 11.6 Å². The van der Waals surface area contributed by atoms with Crippen molar-refractivity contribution in [3.63, 3.8) is 0 Å². The fourth-order valence-corrected chi connectivity index (χ4v) is 2.69. The summed E-state index contributed by atoms with van der Waals surface area (Å²) in [4.78, 5) is 0. The zero-order valence-corrected chi connectivity index (χ0v) is 13.4. The molecule has 2 rings (SSSR count). The van der Waals surface area contributed by atoms with Crippen LogP contribution in [0.5, 0.6) is 0 Å². The molecule has 0 aliphatic rings. The molecule has 0 fully saturated rings. The maximum atomic E-state index is 13.6. The first-order chi connectivity index (χ1) is 10.1. The molecule has 0 spiro atoms. The molecule has 0 bridgehead atoms. The summed E-state index contributed by atoms with van der Waals surface area (Å²) in [6.45, 7) is 7.67. The summed E-state index contributed by atoms with van der Waals surface area (Å²) >= 11 is 6.28. The number of hydrogen-bond acceptors (Lipinski definition) is 2. The molecular weight excluding hydrogens is 289 g/mol. The van der Waals surface area contributed by atoms with Gasteiger partial charge < -0.3 is 5.32 Å². The molecule has 0 aliphatic heterocycles. The van der Waals surface area contributed by atoms with Crippen LogP contribution in [0.25, 0.3) is 0 Å². The lowest BCUT2D eigenvalue weighted by Gasteiger charge is -2.20. The van der Waals surface area contributed by atoms with Crippen LogP contribution in [-0.4, -0.2) is 16.3 Å². The second-order valence-electron chi connectivity index (χ2n) is 4.89. The van der Waals surface area contributed by atoms with Crippen molar-refractivity contribution in [2.75, 3.05) is 6.54 Å². The minimum Gasteiger partial charge on any atom is -0.305 e. The van der Waals surface area contributed by atoms with E-state index in [4.69, 9.17) is 11.6 Å². The molecule has 0 amide bonds. The normalized spacial score (nSPS) is 12.6. The van der Waals surface area contributed by atoms with Crippen LogP contribution in [0.4, 0.5) is 4.39 Å². The van der Waals surface area contributed by atoms with Crippen molar-refractivity contribution in [3.05, 3.63) is 52.1 Å². The maximum absolute atomic E-state index is 13.6. The summed E-state index contributed by atoms with van der Waals surface area (Å²) in [6, 6.07) is 6.38. The number of nitrogens with one attached hydrogen (secondary N) is 1. The monoisotopic (exact) mass is 309 g/mol. The highest BCUT2D eigenvalue weighted by Crippen LogP contribution is 2.29. The molecule has 3 nitrogen and oxygen atoms in total. The van der Waals surface area contributed by atoms with E-state index >= 15 is 0 Å². The molecular formula is C16H21ClFN3. The van der Waals surface area contributed by atoms with Gasteiger partial charge in [-0.2, -0.15) is 5.10 Å². The Bertz CT molecular complexity index is 610. The zero-order chi connectivity index (χ0) is 15.4. The van der Waals surface area contributed by atoms with Crippen molar-refractivity contribution in [1.82, 2.24) is 15.1 Å². The minimum atomic E-state index is -0.282. The van der Waals surface area contributed by atoms with Crippen LogP contribution >= 0.6 is 11.6 Å². The topological polar surface area (TPSA) is 29.9 Å². The number of aromatic nitrogens is 2. The third-order valence-corrected chi connectivity index (χ3v) is 3.84. The highest BCUT2D eigenvalue weighted by Gasteiger charge is 2.21. The van der Waals surface area contributed by atoms with Gasteiger partial charge in [-0.15, -0.1) is 0 Å². The number of benzene rings is 1. The van der Waals surface area contributed by atoms with Gasteiger partial charge in [0.1, 0.15) is 5.82 Å². The summed E-state index contributed by atoms with van der Waals surface area (Å²) < 4.78 is 15.6. The summed E-state index contributed by atoms with van der Waals surface area (Å²) in [7, 11) is 0. The van der Waals surface area contributed by atoms with Crippen LogP contribution in [0.3, 0.4) is 0 Å². The zero-order valence-electron chi connectivity index (χ0n) is 12.7. The van der Waals surface area contributed by atoms with Crippen LogP contribution in [0.1, 0.15) is 43.8 Å². The number of rotatable bonds is 6. The van der Waals surface area contributed by atoms with E-state index in [-0.39, 0.29) is 11.9 Å². The molecule has 114 valence electrons. The fraction of sp³-hybridized carbons (Fsp3) is 0.438. The van der Waals surface area contributed by atoms with Crippen molar-refractivity contribution >= 4 is 11.6 Å². The molecule has 0 saturated heterocycles.